The Balaban J connectivity index is 2.88. The van der Waals surface area contributed by atoms with E-state index in [2.05, 4.69) is 4.72 Å². The van der Waals surface area contributed by atoms with Crippen LogP contribution in [0.4, 0.5) is 0 Å². The highest BCUT2D eigenvalue weighted by Gasteiger charge is 2.20. The molecular formula is C12H16NO5S2-. The summed E-state index contributed by atoms with van der Waals surface area (Å²) in [5.74, 6) is -0.400. The van der Waals surface area contributed by atoms with Crippen LogP contribution in [0.2, 0.25) is 0 Å². The number of methoxy groups -OCH3 is 1. The van der Waals surface area contributed by atoms with Crippen molar-refractivity contribution in [2.75, 3.05) is 19.1 Å². The largest absolute Gasteiger partial charge is 0.548 e. The summed E-state index contributed by atoms with van der Waals surface area (Å²) in [6, 6.07) is 4.44. The van der Waals surface area contributed by atoms with Gasteiger partial charge in [0.1, 0.15) is 5.75 Å². The minimum absolute atomic E-state index is 0.0197. The minimum Gasteiger partial charge on any atom is -0.548 e. The number of aliphatic carboxylic acids is 1. The highest BCUT2D eigenvalue weighted by atomic mass is 32.2. The Kier molecular flexibility index (Phi) is 6.31. The van der Waals surface area contributed by atoms with Gasteiger partial charge in [0.2, 0.25) is 10.0 Å². The van der Waals surface area contributed by atoms with Crippen molar-refractivity contribution < 1.29 is 23.1 Å². The third-order valence-electron chi connectivity index (χ3n) is 2.56. The lowest BCUT2D eigenvalue weighted by Crippen LogP contribution is -2.48. The standard InChI is InChI=1S/C12H17NO5S2/c1-18-9-3-5-10(6-4-9)20(16,17)13-11(12(14)15)7-8-19-2/h3-6,11,13H,7-8H2,1-2H3,(H,14,15)/p-1/t11-/m1/s1. The molecule has 0 spiro atoms. The summed E-state index contributed by atoms with van der Waals surface area (Å²) >= 11 is 1.43. The van der Waals surface area contributed by atoms with Crippen LogP contribution in [-0.2, 0) is 14.8 Å². The molecule has 0 radical (unpaired) electrons. The molecule has 1 aromatic carbocycles. The van der Waals surface area contributed by atoms with Crippen LogP contribution >= 0.6 is 11.8 Å². The number of benzene rings is 1. The Morgan fingerprint density at radius 1 is 1.40 bits per heavy atom. The van der Waals surface area contributed by atoms with Gasteiger partial charge in [-0.1, -0.05) is 0 Å². The Labute approximate surface area is 122 Å². The molecular weight excluding hydrogens is 302 g/mol. The molecule has 1 N–H and O–H groups in total. The predicted octanol–water partition coefficient (Wildman–Crippen LogP) is -0.155. The molecule has 0 saturated heterocycles. The molecule has 0 heterocycles. The molecule has 1 aromatic rings. The van der Waals surface area contributed by atoms with Crippen LogP contribution in [0, 0.1) is 0 Å². The van der Waals surface area contributed by atoms with Gasteiger partial charge >= 0.3 is 0 Å². The van der Waals surface area contributed by atoms with Crippen molar-refractivity contribution in [1.82, 2.24) is 4.72 Å². The Bertz CT molecular complexity index is 541. The van der Waals surface area contributed by atoms with Crippen LogP contribution in [0.3, 0.4) is 0 Å². The molecule has 6 nitrogen and oxygen atoms in total. The summed E-state index contributed by atoms with van der Waals surface area (Å²) in [7, 11) is -2.43. The maximum Gasteiger partial charge on any atom is 0.241 e. The Morgan fingerprint density at radius 2 is 2.00 bits per heavy atom. The van der Waals surface area contributed by atoms with Gasteiger partial charge in [0.25, 0.3) is 0 Å². The summed E-state index contributed by atoms with van der Waals surface area (Å²) < 4.78 is 31.2. The van der Waals surface area contributed by atoms with Gasteiger partial charge in [0.05, 0.1) is 24.0 Å². The first-order chi connectivity index (χ1) is 9.40. The quantitative estimate of drug-likeness (QED) is 0.716. The molecule has 0 saturated carbocycles. The molecule has 0 aromatic heterocycles. The molecule has 0 aliphatic carbocycles. The third kappa shape index (κ3) is 4.69. The van der Waals surface area contributed by atoms with Crippen LogP contribution in [0.25, 0.3) is 0 Å². The number of sulfonamides is 1. The Morgan fingerprint density at radius 3 is 2.45 bits per heavy atom. The summed E-state index contributed by atoms with van der Waals surface area (Å²) in [6.45, 7) is 0. The first kappa shape index (κ1) is 16.8. The summed E-state index contributed by atoms with van der Waals surface area (Å²) in [6.07, 6.45) is 1.98. The SMILES string of the molecule is COc1ccc(S(=O)(=O)N[C@H](CCSC)C(=O)[O-])cc1. The molecule has 0 fully saturated rings. The fourth-order valence-corrected chi connectivity index (χ4v) is 3.16. The first-order valence-electron chi connectivity index (χ1n) is 5.77. The molecule has 0 unspecified atom stereocenters. The molecule has 1 rings (SSSR count). The van der Waals surface area contributed by atoms with E-state index in [9.17, 15) is 18.3 Å². The maximum absolute atomic E-state index is 12.1. The van der Waals surface area contributed by atoms with Crippen LogP contribution in [-0.4, -0.2) is 39.5 Å². The number of carboxylic acids is 1. The van der Waals surface area contributed by atoms with Gasteiger partial charge in [-0.15, -0.1) is 0 Å². The van der Waals surface area contributed by atoms with E-state index in [4.69, 9.17) is 4.74 Å². The second-order valence-corrected chi connectivity index (χ2v) is 6.65. The van der Waals surface area contributed by atoms with Crippen molar-refractivity contribution in [2.45, 2.75) is 17.4 Å². The lowest BCUT2D eigenvalue weighted by molar-refractivity contribution is -0.308. The number of nitrogens with one attached hydrogen (secondary N) is 1. The van der Waals surface area contributed by atoms with E-state index >= 15 is 0 Å². The van der Waals surface area contributed by atoms with Gasteiger partial charge in [0.15, 0.2) is 0 Å². The molecule has 0 aliphatic heterocycles. The van der Waals surface area contributed by atoms with E-state index < -0.39 is 22.0 Å². The van der Waals surface area contributed by atoms with E-state index in [0.717, 1.165) is 0 Å². The highest BCUT2D eigenvalue weighted by Crippen LogP contribution is 2.16. The molecule has 8 heteroatoms. The second-order valence-electron chi connectivity index (χ2n) is 3.95. The summed E-state index contributed by atoms with van der Waals surface area (Å²) in [5.41, 5.74) is 0. The highest BCUT2D eigenvalue weighted by molar-refractivity contribution is 7.98. The average Bonchev–Trinajstić information content (AvgIpc) is 2.43. The summed E-state index contributed by atoms with van der Waals surface area (Å²) in [5, 5.41) is 10.9. The number of hydrogen-bond donors (Lipinski definition) is 1. The van der Waals surface area contributed by atoms with Gasteiger partial charge in [0, 0.05) is 0 Å². The van der Waals surface area contributed by atoms with Crippen LogP contribution in [0.5, 0.6) is 5.75 Å². The van der Waals surface area contributed by atoms with Gasteiger partial charge in [-0.3, -0.25) is 0 Å². The molecule has 0 bridgehead atoms. The van der Waals surface area contributed by atoms with Crippen molar-refractivity contribution in [3.8, 4) is 5.75 Å². The average molecular weight is 318 g/mol. The van der Waals surface area contributed by atoms with Gasteiger partial charge in [-0.05, 0) is 42.7 Å². The van der Waals surface area contributed by atoms with Crippen LogP contribution < -0.4 is 14.6 Å². The van der Waals surface area contributed by atoms with E-state index in [1.54, 1.807) is 0 Å². The Hall–Kier alpha value is -1.25. The fourth-order valence-electron chi connectivity index (χ4n) is 1.47. The first-order valence-corrected chi connectivity index (χ1v) is 8.64. The number of carbonyl (C=O) groups excluding carboxylic acids is 1. The number of rotatable bonds is 8. The zero-order chi connectivity index (χ0) is 15.2. The monoisotopic (exact) mass is 318 g/mol. The topological polar surface area (TPSA) is 95.5 Å². The fraction of sp³-hybridized carbons (Fsp3) is 0.417. The number of hydrogen-bond acceptors (Lipinski definition) is 6. The second kappa shape index (κ2) is 7.51. The number of carboxylic acid groups (broad SMARTS) is 1. The van der Waals surface area contributed by atoms with Gasteiger partial charge in [-0.25, -0.2) is 13.1 Å². The van der Waals surface area contributed by atoms with Crippen molar-refractivity contribution in [3.05, 3.63) is 24.3 Å². The lowest BCUT2D eigenvalue weighted by Gasteiger charge is -2.19. The summed E-state index contributed by atoms with van der Waals surface area (Å²) in [4.78, 5) is 10.9. The van der Waals surface area contributed by atoms with Crippen molar-refractivity contribution in [3.63, 3.8) is 0 Å². The predicted molar refractivity (Wildman–Crippen MR) is 75.1 cm³/mol. The smallest absolute Gasteiger partial charge is 0.241 e. The van der Waals surface area contributed by atoms with Crippen molar-refractivity contribution >= 4 is 27.8 Å². The normalized spacial score (nSPS) is 12.9. The molecule has 1 atom stereocenters. The van der Waals surface area contributed by atoms with E-state index in [-0.39, 0.29) is 11.3 Å². The van der Waals surface area contributed by atoms with Gasteiger partial charge < -0.3 is 14.6 Å². The van der Waals surface area contributed by atoms with E-state index in [0.29, 0.717) is 11.5 Å². The van der Waals surface area contributed by atoms with Crippen molar-refractivity contribution in [2.24, 2.45) is 0 Å². The van der Waals surface area contributed by atoms with Crippen molar-refractivity contribution in [1.29, 1.82) is 0 Å². The third-order valence-corrected chi connectivity index (χ3v) is 4.69. The molecule has 112 valence electrons. The van der Waals surface area contributed by atoms with Crippen LogP contribution in [0.1, 0.15) is 6.42 Å². The number of ether oxygens (including phenoxy) is 1. The lowest BCUT2D eigenvalue weighted by atomic mass is 10.2. The van der Waals surface area contributed by atoms with Gasteiger partial charge in [-0.2, -0.15) is 11.8 Å². The van der Waals surface area contributed by atoms with E-state index in [1.165, 1.54) is 43.1 Å². The molecule has 0 amide bonds. The van der Waals surface area contributed by atoms with E-state index in [1.807, 2.05) is 6.26 Å². The molecule has 20 heavy (non-hydrogen) atoms. The van der Waals surface area contributed by atoms with Crippen LogP contribution in [0.15, 0.2) is 29.2 Å². The minimum atomic E-state index is -3.90. The maximum atomic E-state index is 12.1. The zero-order valence-corrected chi connectivity index (χ0v) is 12.8. The zero-order valence-electron chi connectivity index (χ0n) is 11.2. The number of carbonyl (C=O) groups is 1. The number of thioether (sulfide) groups is 1. The molecule has 0 aliphatic rings.